The highest BCUT2D eigenvalue weighted by Crippen LogP contribution is 2.25. The predicted octanol–water partition coefficient (Wildman–Crippen LogP) is 2.02. The molecule has 1 aliphatic heterocycles. The van der Waals surface area contributed by atoms with Gasteiger partial charge >= 0.3 is 0 Å². The van der Waals surface area contributed by atoms with E-state index in [9.17, 15) is 4.79 Å². The van der Waals surface area contributed by atoms with Crippen LogP contribution in [0.2, 0.25) is 0 Å². The summed E-state index contributed by atoms with van der Waals surface area (Å²) < 4.78 is 0. The first-order chi connectivity index (χ1) is 7.53. The number of carbonyl (C=O) groups is 1. The lowest BCUT2D eigenvalue weighted by molar-refractivity contribution is -0.143. The van der Waals surface area contributed by atoms with Gasteiger partial charge in [0.1, 0.15) is 0 Å². The first-order valence-corrected chi connectivity index (χ1v) is 6.54. The van der Waals surface area contributed by atoms with Crippen LogP contribution in [0.15, 0.2) is 0 Å². The van der Waals surface area contributed by atoms with Gasteiger partial charge in [0, 0.05) is 18.0 Å². The van der Waals surface area contributed by atoms with Crippen molar-refractivity contribution in [2.24, 2.45) is 5.41 Å². The number of nitrogens with zero attached hydrogens (tertiary/aromatic N) is 1. The first-order valence-electron chi connectivity index (χ1n) is 6.54. The van der Waals surface area contributed by atoms with Crippen molar-refractivity contribution in [2.75, 3.05) is 19.6 Å². The van der Waals surface area contributed by atoms with E-state index in [0.717, 1.165) is 38.9 Å². The lowest BCUT2D eigenvalue weighted by atomic mass is 9.87. The molecule has 0 saturated carbocycles. The van der Waals surface area contributed by atoms with Gasteiger partial charge in [0.2, 0.25) is 5.91 Å². The van der Waals surface area contributed by atoms with Gasteiger partial charge in [-0.3, -0.25) is 4.79 Å². The largest absolute Gasteiger partial charge is 0.339 e. The summed E-state index contributed by atoms with van der Waals surface area (Å²) >= 11 is 0. The molecule has 1 aliphatic rings. The smallest absolute Gasteiger partial charge is 0.228 e. The molecule has 1 fully saturated rings. The van der Waals surface area contributed by atoms with Crippen LogP contribution in [-0.2, 0) is 4.79 Å². The third-order valence-electron chi connectivity index (χ3n) is 3.81. The topological polar surface area (TPSA) is 32.3 Å². The zero-order valence-electron chi connectivity index (χ0n) is 11.2. The van der Waals surface area contributed by atoms with E-state index in [1.54, 1.807) is 0 Å². The number of nitrogens with one attached hydrogen (secondary N) is 1. The van der Waals surface area contributed by atoms with Crippen LogP contribution < -0.4 is 5.32 Å². The molecule has 0 aromatic carbocycles. The van der Waals surface area contributed by atoms with Gasteiger partial charge in [-0.15, -0.1) is 0 Å². The Morgan fingerprint density at radius 1 is 1.31 bits per heavy atom. The molecule has 0 spiro atoms. The Balaban J connectivity index is 2.69. The number of piperidine rings is 1. The summed E-state index contributed by atoms with van der Waals surface area (Å²) in [5.41, 5.74) is -0.207. The van der Waals surface area contributed by atoms with Crippen molar-refractivity contribution in [3.8, 4) is 0 Å². The molecule has 0 aromatic heterocycles. The predicted molar refractivity (Wildman–Crippen MR) is 67.4 cm³/mol. The van der Waals surface area contributed by atoms with Crippen LogP contribution >= 0.6 is 0 Å². The van der Waals surface area contributed by atoms with Gasteiger partial charge in [-0.25, -0.2) is 0 Å². The lowest BCUT2D eigenvalue weighted by Gasteiger charge is -2.38. The van der Waals surface area contributed by atoms with Crippen LogP contribution in [-0.4, -0.2) is 36.5 Å². The summed E-state index contributed by atoms with van der Waals surface area (Å²) in [6, 6.07) is 0.449. The van der Waals surface area contributed by atoms with Crippen molar-refractivity contribution in [1.29, 1.82) is 0 Å². The van der Waals surface area contributed by atoms with Gasteiger partial charge in [-0.05, 0) is 39.3 Å². The van der Waals surface area contributed by atoms with Crippen LogP contribution in [0.25, 0.3) is 0 Å². The first kappa shape index (κ1) is 13.5. The third-order valence-corrected chi connectivity index (χ3v) is 3.81. The zero-order chi connectivity index (χ0) is 12.2. The molecule has 16 heavy (non-hydrogen) atoms. The van der Waals surface area contributed by atoms with E-state index < -0.39 is 0 Å². The maximum Gasteiger partial charge on any atom is 0.228 e. The maximum absolute atomic E-state index is 12.4. The molecule has 0 radical (unpaired) electrons. The third kappa shape index (κ3) is 2.97. The molecule has 1 heterocycles. The minimum Gasteiger partial charge on any atom is -0.339 e. The van der Waals surface area contributed by atoms with Crippen LogP contribution in [0.4, 0.5) is 0 Å². The molecule has 0 atom stereocenters. The van der Waals surface area contributed by atoms with Gasteiger partial charge in [0.25, 0.3) is 0 Å². The van der Waals surface area contributed by atoms with Gasteiger partial charge in [0.05, 0.1) is 0 Å². The molecule has 94 valence electrons. The Kier molecular flexibility index (Phi) is 4.78. The SMILES string of the molecule is CCN(C(=O)C(C)(C)CC)C1CCNCC1. The average Bonchev–Trinajstić information content (AvgIpc) is 2.31. The summed E-state index contributed by atoms with van der Waals surface area (Å²) in [6.45, 7) is 11.2. The molecule has 1 rings (SSSR count). The second-order valence-electron chi connectivity index (χ2n) is 5.31. The minimum atomic E-state index is -0.207. The van der Waals surface area contributed by atoms with Crippen molar-refractivity contribution in [2.45, 2.75) is 53.0 Å². The van der Waals surface area contributed by atoms with Gasteiger partial charge in [-0.1, -0.05) is 20.8 Å². The van der Waals surface area contributed by atoms with Gasteiger partial charge in [0.15, 0.2) is 0 Å². The summed E-state index contributed by atoms with van der Waals surface area (Å²) in [5, 5.41) is 3.35. The summed E-state index contributed by atoms with van der Waals surface area (Å²) in [4.78, 5) is 14.5. The monoisotopic (exact) mass is 226 g/mol. The second kappa shape index (κ2) is 5.67. The van der Waals surface area contributed by atoms with E-state index in [4.69, 9.17) is 0 Å². The standard InChI is InChI=1S/C13H26N2O/c1-5-13(3,4)12(16)15(6-2)11-7-9-14-10-8-11/h11,14H,5-10H2,1-4H3. The molecule has 0 aromatic rings. The van der Waals surface area contributed by atoms with Crippen molar-refractivity contribution < 1.29 is 4.79 Å². The summed E-state index contributed by atoms with van der Waals surface area (Å²) in [5.74, 6) is 0.324. The van der Waals surface area contributed by atoms with E-state index in [0.29, 0.717) is 11.9 Å². The number of amides is 1. The highest BCUT2D eigenvalue weighted by atomic mass is 16.2. The summed E-state index contributed by atoms with van der Waals surface area (Å²) in [6.07, 6.45) is 3.10. The Bertz CT molecular complexity index is 232. The molecule has 3 heteroatoms. The Labute approximate surface area is 99.6 Å². The number of hydrogen-bond donors (Lipinski definition) is 1. The fraction of sp³-hybridized carbons (Fsp3) is 0.923. The van der Waals surface area contributed by atoms with E-state index >= 15 is 0 Å². The Morgan fingerprint density at radius 3 is 2.31 bits per heavy atom. The second-order valence-corrected chi connectivity index (χ2v) is 5.31. The van der Waals surface area contributed by atoms with Gasteiger partial charge < -0.3 is 10.2 Å². The van der Waals surface area contributed by atoms with E-state index in [2.05, 4.69) is 37.9 Å². The van der Waals surface area contributed by atoms with Crippen molar-refractivity contribution >= 4 is 5.91 Å². The lowest BCUT2D eigenvalue weighted by Crippen LogP contribution is -2.50. The normalized spacial score (nSPS) is 18.5. The van der Waals surface area contributed by atoms with Crippen molar-refractivity contribution in [3.63, 3.8) is 0 Å². The Morgan fingerprint density at radius 2 is 1.88 bits per heavy atom. The molecular weight excluding hydrogens is 200 g/mol. The minimum absolute atomic E-state index is 0.207. The number of rotatable bonds is 4. The summed E-state index contributed by atoms with van der Waals surface area (Å²) in [7, 11) is 0. The highest BCUT2D eigenvalue weighted by Gasteiger charge is 2.33. The molecule has 0 unspecified atom stereocenters. The molecule has 1 saturated heterocycles. The van der Waals surface area contributed by atoms with Crippen LogP contribution in [0, 0.1) is 5.41 Å². The quantitative estimate of drug-likeness (QED) is 0.795. The molecule has 0 bridgehead atoms. The zero-order valence-corrected chi connectivity index (χ0v) is 11.2. The maximum atomic E-state index is 12.4. The van der Waals surface area contributed by atoms with E-state index in [1.165, 1.54) is 0 Å². The van der Waals surface area contributed by atoms with E-state index in [1.807, 2.05) is 0 Å². The number of hydrogen-bond acceptors (Lipinski definition) is 2. The van der Waals surface area contributed by atoms with Crippen LogP contribution in [0.1, 0.15) is 47.0 Å². The molecule has 0 aliphatic carbocycles. The fourth-order valence-corrected chi connectivity index (χ4v) is 2.23. The molecule has 1 N–H and O–H groups in total. The van der Waals surface area contributed by atoms with E-state index in [-0.39, 0.29) is 5.41 Å². The highest BCUT2D eigenvalue weighted by molar-refractivity contribution is 5.82. The fourth-order valence-electron chi connectivity index (χ4n) is 2.23. The van der Waals surface area contributed by atoms with Gasteiger partial charge in [-0.2, -0.15) is 0 Å². The molecule has 1 amide bonds. The van der Waals surface area contributed by atoms with Crippen LogP contribution in [0.5, 0.6) is 0 Å². The Hall–Kier alpha value is -0.570. The van der Waals surface area contributed by atoms with Crippen molar-refractivity contribution in [3.05, 3.63) is 0 Å². The van der Waals surface area contributed by atoms with Crippen LogP contribution in [0.3, 0.4) is 0 Å². The average molecular weight is 226 g/mol. The number of carbonyl (C=O) groups excluding carboxylic acids is 1. The van der Waals surface area contributed by atoms with Crippen molar-refractivity contribution in [1.82, 2.24) is 10.2 Å². The molecule has 3 nitrogen and oxygen atoms in total. The molecular formula is C13H26N2O.